The van der Waals surface area contributed by atoms with Gasteiger partial charge in [-0.05, 0) is 60.5 Å². The number of carbonyl (C=O) groups excluding carboxylic acids is 2. The zero-order chi connectivity index (χ0) is 17.7. The third kappa shape index (κ3) is 2.31. The molecule has 4 unspecified atom stereocenters. The van der Waals surface area contributed by atoms with E-state index in [1.54, 1.807) is 0 Å². The van der Waals surface area contributed by atoms with Crippen LogP contribution < -0.4 is 0 Å². The van der Waals surface area contributed by atoms with Crippen molar-refractivity contribution in [3.63, 3.8) is 0 Å². The standard InChI is InChI=1S/C24H24O2/c25-23-19-13-11-17(15-7-3-1-4-8-15)21-18(16-9-5-2-6-10-16)12-14-20(22(19)21)24(23)26/h1-10,17-22H,11-14H2. The van der Waals surface area contributed by atoms with E-state index in [4.69, 9.17) is 0 Å². The summed E-state index contributed by atoms with van der Waals surface area (Å²) in [6, 6.07) is 21.5. The lowest BCUT2D eigenvalue weighted by Gasteiger charge is -2.49. The smallest absolute Gasteiger partial charge is 0.202 e. The van der Waals surface area contributed by atoms with Crippen LogP contribution >= 0.6 is 0 Å². The fourth-order valence-corrected chi connectivity index (χ4v) is 6.28. The molecular weight excluding hydrogens is 320 g/mol. The molecule has 0 heterocycles. The first-order valence-electron chi connectivity index (χ1n) is 9.93. The van der Waals surface area contributed by atoms with Gasteiger partial charge in [-0.3, -0.25) is 9.59 Å². The number of Topliss-reactive ketones (excluding diaryl/α,β-unsaturated/α-hetero) is 2. The predicted octanol–water partition coefficient (Wildman–Crippen LogP) is 4.76. The van der Waals surface area contributed by atoms with E-state index in [1.807, 2.05) is 0 Å². The second-order valence-electron chi connectivity index (χ2n) is 8.29. The van der Waals surface area contributed by atoms with Gasteiger partial charge in [0.1, 0.15) is 0 Å². The van der Waals surface area contributed by atoms with Gasteiger partial charge in [0, 0.05) is 11.8 Å². The monoisotopic (exact) mass is 344 g/mol. The second-order valence-corrected chi connectivity index (χ2v) is 8.29. The molecule has 3 fully saturated rings. The van der Waals surface area contributed by atoms with Gasteiger partial charge in [-0.15, -0.1) is 0 Å². The molecule has 0 aliphatic heterocycles. The van der Waals surface area contributed by atoms with Crippen LogP contribution in [0, 0.1) is 23.7 Å². The number of hydrogen-bond donors (Lipinski definition) is 0. The Morgan fingerprint density at radius 2 is 0.846 bits per heavy atom. The first-order valence-corrected chi connectivity index (χ1v) is 9.93. The average molecular weight is 344 g/mol. The molecule has 2 aromatic rings. The Morgan fingerprint density at radius 3 is 1.27 bits per heavy atom. The van der Waals surface area contributed by atoms with Crippen molar-refractivity contribution in [2.45, 2.75) is 37.5 Å². The van der Waals surface area contributed by atoms with Gasteiger partial charge in [-0.25, -0.2) is 0 Å². The highest BCUT2D eigenvalue weighted by Gasteiger charge is 2.59. The molecule has 0 bridgehead atoms. The molecule has 5 rings (SSSR count). The van der Waals surface area contributed by atoms with E-state index in [2.05, 4.69) is 60.7 Å². The van der Waals surface area contributed by atoms with Crippen molar-refractivity contribution in [2.75, 3.05) is 0 Å². The minimum atomic E-state index is -0.0646. The minimum Gasteiger partial charge on any atom is -0.291 e. The molecule has 2 nitrogen and oxygen atoms in total. The Kier molecular flexibility index (Phi) is 3.81. The lowest BCUT2D eigenvalue weighted by molar-refractivity contribution is -0.137. The van der Waals surface area contributed by atoms with Crippen LogP contribution in [0.2, 0.25) is 0 Å². The maximum Gasteiger partial charge on any atom is 0.202 e. The van der Waals surface area contributed by atoms with E-state index in [0.29, 0.717) is 17.8 Å². The normalized spacial score (nSPS) is 36.0. The summed E-state index contributed by atoms with van der Waals surface area (Å²) in [5.41, 5.74) is 2.76. The van der Waals surface area contributed by atoms with Crippen molar-refractivity contribution in [2.24, 2.45) is 23.7 Å². The Bertz CT molecular complexity index is 756. The largest absolute Gasteiger partial charge is 0.291 e. The summed E-state index contributed by atoms with van der Waals surface area (Å²) in [6.07, 6.45) is 3.79. The molecule has 3 aliphatic rings. The third-order valence-corrected chi connectivity index (χ3v) is 7.25. The number of ketones is 2. The molecule has 2 aromatic carbocycles. The van der Waals surface area contributed by atoms with Crippen LogP contribution in [0.1, 0.15) is 48.6 Å². The summed E-state index contributed by atoms with van der Waals surface area (Å²) in [4.78, 5) is 25.2. The highest BCUT2D eigenvalue weighted by atomic mass is 16.2. The topological polar surface area (TPSA) is 34.1 Å². The van der Waals surface area contributed by atoms with E-state index in [9.17, 15) is 9.59 Å². The van der Waals surface area contributed by atoms with Crippen LogP contribution in [0.5, 0.6) is 0 Å². The molecule has 0 amide bonds. The Labute approximate surface area is 154 Å². The van der Waals surface area contributed by atoms with Gasteiger partial charge in [0.05, 0.1) is 0 Å². The highest BCUT2D eigenvalue weighted by molar-refractivity contribution is 6.41. The fraction of sp³-hybridized carbons (Fsp3) is 0.417. The zero-order valence-electron chi connectivity index (χ0n) is 14.9. The summed E-state index contributed by atoms with van der Waals surface area (Å²) in [5, 5.41) is 0. The van der Waals surface area contributed by atoms with Crippen LogP contribution in [-0.2, 0) is 9.59 Å². The van der Waals surface area contributed by atoms with Crippen LogP contribution in [0.3, 0.4) is 0 Å². The number of hydrogen-bond acceptors (Lipinski definition) is 2. The Balaban J connectivity index is 1.61. The molecule has 0 aromatic heterocycles. The summed E-state index contributed by atoms with van der Waals surface area (Å²) >= 11 is 0. The van der Waals surface area contributed by atoms with Crippen molar-refractivity contribution in [1.29, 1.82) is 0 Å². The molecular formula is C24H24O2. The van der Waals surface area contributed by atoms with Crippen molar-refractivity contribution in [3.05, 3.63) is 71.8 Å². The summed E-state index contributed by atoms with van der Waals surface area (Å²) in [6.45, 7) is 0. The lowest BCUT2D eigenvalue weighted by Crippen LogP contribution is -2.42. The van der Waals surface area contributed by atoms with Gasteiger partial charge in [-0.1, -0.05) is 60.7 Å². The van der Waals surface area contributed by atoms with Gasteiger partial charge >= 0.3 is 0 Å². The molecule has 26 heavy (non-hydrogen) atoms. The average Bonchev–Trinajstić information content (AvgIpc) is 2.96. The number of carbonyl (C=O) groups is 2. The summed E-state index contributed by atoms with van der Waals surface area (Å²) in [7, 11) is 0. The zero-order valence-corrected chi connectivity index (χ0v) is 14.9. The predicted molar refractivity (Wildman–Crippen MR) is 101 cm³/mol. The molecule has 2 heteroatoms. The third-order valence-electron chi connectivity index (χ3n) is 7.25. The van der Waals surface area contributed by atoms with E-state index in [-0.39, 0.29) is 29.3 Å². The van der Waals surface area contributed by atoms with E-state index < -0.39 is 0 Å². The molecule has 4 atom stereocenters. The van der Waals surface area contributed by atoms with Crippen molar-refractivity contribution < 1.29 is 9.59 Å². The first-order chi connectivity index (χ1) is 12.8. The van der Waals surface area contributed by atoms with Gasteiger partial charge < -0.3 is 0 Å². The van der Waals surface area contributed by atoms with E-state index in [1.165, 1.54) is 11.1 Å². The van der Waals surface area contributed by atoms with Gasteiger partial charge in [0.15, 0.2) is 0 Å². The molecule has 3 aliphatic carbocycles. The Hall–Kier alpha value is -2.22. The van der Waals surface area contributed by atoms with Crippen molar-refractivity contribution >= 4 is 11.6 Å². The molecule has 0 radical (unpaired) electrons. The van der Waals surface area contributed by atoms with Gasteiger partial charge in [0.25, 0.3) is 0 Å². The van der Waals surface area contributed by atoms with Crippen LogP contribution in [-0.4, -0.2) is 11.6 Å². The maximum atomic E-state index is 12.6. The fourth-order valence-electron chi connectivity index (χ4n) is 6.28. The summed E-state index contributed by atoms with van der Waals surface area (Å²) < 4.78 is 0. The SMILES string of the molecule is O=C1C(=O)C2CCC(c3ccccc3)C3C(c4ccccc4)CCC1C23. The molecule has 0 saturated heterocycles. The van der Waals surface area contributed by atoms with Crippen LogP contribution in [0.15, 0.2) is 60.7 Å². The number of rotatable bonds is 2. The molecule has 3 saturated carbocycles. The molecule has 0 N–H and O–H groups in total. The van der Waals surface area contributed by atoms with Gasteiger partial charge in [-0.2, -0.15) is 0 Å². The first kappa shape index (κ1) is 16.0. The quantitative estimate of drug-likeness (QED) is 0.736. The Morgan fingerprint density at radius 1 is 0.500 bits per heavy atom. The van der Waals surface area contributed by atoms with Crippen LogP contribution in [0.25, 0.3) is 0 Å². The molecule has 0 spiro atoms. The van der Waals surface area contributed by atoms with Crippen LogP contribution in [0.4, 0.5) is 0 Å². The lowest BCUT2D eigenvalue weighted by atomic mass is 9.54. The summed E-state index contributed by atoms with van der Waals surface area (Å²) in [5.74, 6) is 1.36. The van der Waals surface area contributed by atoms with E-state index in [0.717, 1.165) is 25.7 Å². The minimum absolute atomic E-state index is 0.0241. The highest BCUT2D eigenvalue weighted by Crippen LogP contribution is 2.60. The van der Waals surface area contributed by atoms with Crippen molar-refractivity contribution in [3.8, 4) is 0 Å². The van der Waals surface area contributed by atoms with Crippen molar-refractivity contribution in [1.82, 2.24) is 0 Å². The maximum absolute atomic E-state index is 12.6. The number of benzene rings is 2. The van der Waals surface area contributed by atoms with Gasteiger partial charge in [0.2, 0.25) is 11.6 Å². The van der Waals surface area contributed by atoms with E-state index >= 15 is 0 Å². The molecule has 132 valence electrons. The second kappa shape index (κ2) is 6.19.